The SMILES string of the molecule is COC(=O)[C@H]1[C@@H](c2ccc(Cl)c(Cl)c2)C[C@@H]2CC[C@H]1N2C(=O)OC(C)Cl. The van der Waals surface area contributed by atoms with Gasteiger partial charge in [-0.3, -0.25) is 4.79 Å². The first-order valence-corrected chi connectivity index (χ1v) is 9.68. The van der Waals surface area contributed by atoms with Gasteiger partial charge in [-0.1, -0.05) is 40.9 Å². The summed E-state index contributed by atoms with van der Waals surface area (Å²) in [7, 11) is 1.36. The number of esters is 1. The van der Waals surface area contributed by atoms with Crippen molar-refractivity contribution < 1.29 is 19.1 Å². The molecule has 142 valence electrons. The number of hydrogen-bond donors (Lipinski definition) is 0. The topological polar surface area (TPSA) is 55.8 Å². The summed E-state index contributed by atoms with van der Waals surface area (Å²) in [6.45, 7) is 1.58. The summed E-state index contributed by atoms with van der Waals surface area (Å²) in [6, 6.07) is 5.10. The molecule has 1 unspecified atom stereocenters. The highest BCUT2D eigenvalue weighted by molar-refractivity contribution is 6.42. The number of alkyl halides is 1. The molecule has 0 radical (unpaired) electrons. The Morgan fingerprint density at radius 3 is 2.58 bits per heavy atom. The van der Waals surface area contributed by atoms with Crippen LogP contribution >= 0.6 is 34.8 Å². The summed E-state index contributed by atoms with van der Waals surface area (Å²) in [5.41, 5.74) is 0.191. The predicted molar refractivity (Wildman–Crippen MR) is 99.8 cm³/mol. The zero-order valence-corrected chi connectivity index (χ0v) is 16.7. The summed E-state index contributed by atoms with van der Waals surface area (Å²) in [6.07, 6.45) is 1.66. The molecule has 1 aromatic carbocycles. The van der Waals surface area contributed by atoms with Crippen molar-refractivity contribution in [2.75, 3.05) is 7.11 Å². The summed E-state index contributed by atoms with van der Waals surface area (Å²) in [5.74, 6) is -0.940. The van der Waals surface area contributed by atoms with Crippen molar-refractivity contribution >= 4 is 46.9 Å². The lowest BCUT2D eigenvalue weighted by Crippen LogP contribution is -2.53. The van der Waals surface area contributed by atoms with E-state index in [0.29, 0.717) is 22.9 Å². The molecule has 0 spiro atoms. The lowest BCUT2D eigenvalue weighted by Gasteiger charge is -2.43. The average molecular weight is 421 g/mol. The van der Waals surface area contributed by atoms with Crippen molar-refractivity contribution in [2.24, 2.45) is 5.92 Å². The Bertz CT molecular complexity index is 712. The van der Waals surface area contributed by atoms with Crippen LogP contribution in [0.2, 0.25) is 10.0 Å². The first-order chi connectivity index (χ1) is 12.3. The zero-order valence-electron chi connectivity index (χ0n) is 14.5. The highest BCUT2D eigenvalue weighted by atomic mass is 35.5. The second kappa shape index (κ2) is 7.83. The molecule has 2 aliphatic heterocycles. The van der Waals surface area contributed by atoms with Crippen LogP contribution in [0, 0.1) is 5.92 Å². The molecule has 2 bridgehead atoms. The lowest BCUT2D eigenvalue weighted by atomic mass is 9.76. The van der Waals surface area contributed by atoms with Gasteiger partial charge in [0.2, 0.25) is 0 Å². The van der Waals surface area contributed by atoms with E-state index in [9.17, 15) is 9.59 Å². The van der Waals surface area contributed by atoms with Crippen LogP contribution in [0.4, 0.5) is 4.79 Å². The number of hydrogen-bond acceptors (Lipinski definition) is 4. The Hall–Kier alpha value is -1.17. The Kier molecular flexibility index (Phi) is 5.90. The molecule has 5 nitrogen and oxygen atoms in total. The highest BCUT2D eigenvalue weighted by Crippen LogP contribution is 2.48. The van der Waals surface area contributed by atoms with Crippen LogP contribution in [0.25, 0.3) is 0 Å². The first-order valence-electron chi connectivity index (χ1n) is 8.49. The van der Waals surface area contributed by atoms with Gasteiger partial charge in [0.25, 0.3) is 0 Å². The number of rotatable bonds is 3. The summed E-state index contributed by atoms with van der Waals surface area (Å²) in [5, 5.41) is 0.906. The van der Waals surface area contributed by atoms with Gasteiger partial charge in [-0.25, -0.2) is 4.79 Å². The van der Waals surface area contributed by atoms with E-state index in [0.717, 1.165) is 12.0 Å². The summed E-state index contributed by atoms with van der Waals surface area (Å²) < 4.78 is 10.2. The van der Waals surface area contributed by atoms with Crippen LogP contribution < -0.4 is 0 Å². The van der Waals surface area contributed by atoms with Crippen LogP contribution in [0.15, 0.2) is 18.2 Å². The monoisotopic (exact) mass is 419 g/mol. The van der Waals surface area contributed by atoms with Crippen molar-refractivity contribution in [3.8, 4) is 0 Å². The number of fused-ring (bicyclic) bond motifs is 2. The third kappa shape index (κ3) is 3.62. The molecular formula is C18H20Cl3NO4. The van der Waals surface area contributed by atoms with Gasteiger partial charge in [0.1, 0.15) is 0 Å². The Labute approximate surface area is 167 Å². The maximum absolute atomic E-state index is 12.6. The van der Waals surface area contributed by atoms with E-state index in [-0.39, 0.29) is 24.0 Å². The highest BCUT2D eigenvalue weighted by Gasteiger charge is 2.53. The zero-order chi connectivity index (χ0) is 19.0. The normalized spacial score (nSPS) is 28.6. The molecule has 5 atom stereocenters. The average Bonchev–Trinajstić information content (AvgIpc) is 2.90. The van der Waals surface area contributed by atoms with Gasteiger partial charge in [-0.2, -0.15) is 0 Å². The maximum atomic E-state index is 12.6. The fourth-order valence-corrected chi connectivity index (χ4v) is 4.61. The molecular weight excluding hydrogens is 401 g/mol. The number of methoxy groups -OCH3 is 1. The van der Waals surface area contributed by atoms with Crippen LogP contribution in [0.5, 0.6) is 0 Å². The number of amides is 1. The van der Waals surface area contributed by atoms with E-state index in [2.05, 4.69) is 0 Å². The van der Waals surface area contributed by atoms with Crippen LogP contribution in [0.3, 0.4) is 0 Å². The van der Waals surface area contributed by atoms with Crippen molar-refractivity contribution in [1.29, 1.82) is 0 Å². The molecule has 1 amide bonds. The molecule has 2 aliphatic rings. The molecule has 0 aromatic heterocycles. The van der Waals surface area contributed by atoms with E-state index in [1.54, 1.807) is 24.0 Å². The number of carbonyl (C=O) groups excluding carboxylic acids is 2. The largest absolute Gasteiger partial charge is 0.469 e. The van der Waals surface area contributed by atoms with Crippen molar-refractivity contribution in [3.63, 3.8) is 0 Å². The number of ether oxygens (including phenoxy) is 2. The van der Waals surface area contributed by atoms with E-state index >= 15 is 0 Å². The van der Waals surface area contributed by atoms with Crippen molar-refractivity contribution in [2.45, 2.75) is 49.8 Å². The fourth-order valence-electron chi connectivity index (χ4n) is 4.23. The molecule has 2 saturated heterocycles. The lowest BCUT2D eigenvalue weighted by molar-refractivity contribution is -0.150. The van der Waals surface area contributed by atoms with E-state index in [1.807, 2.05) is 6.07 Å². The minimum atomic E-state index is -0.730. The first kappa shape index (κ1) is 19.6. The summed E-state index contributed by atoms with van der Waals surface area (Å²) >= 11 is 18.0. The molecule has 2 heterocycles. The van der Waals surface area contributed by atoms with Crippen LogP contribution in [-0.2, 0) is 14.3 Å². The third-order valence-electron chi connectivity index (χ3n) is 5.24. The molecule has 0 aliphatic carbocycles. The van der Waals surface area contributed by atoms with E-state index in [4.69, 9.17) is 44.3 Å². The van der Waals surface area contributed by atoms with Gasteiger partial charge < -0.3 is 14.4 Å². The summed E-state index contributed by atoms with van der Waals surface area (Å²) in [4.78, 5) is 26.8. The van der Waals surface area contributed by atoms with Gasteiger partial charge in [-0.15, -0.1) is 0 Å². The molecule has 0 saturated carbocycles. The quantitative estimate of drug-likeness (QED) is 0.519. The van der Waals surface area contributed by atoms with Crippen LogP contribution in [0.1, 0.15) is 37.7 Å². The van der Waals surface area contributed by atoms with Crippen molar-refractivity contribution in [1.82, 2.24) is 4.90 Å². The van der Waals surface area contributed by atoms with Crippen LogP contribution in [-0.4, -0.2) is 41.7 Å². The van der Waals surface area contributed by atoms with Gasteiger partial charge in [0, 0.05) is 18.0 Å². The molecule has 1 aromatic rings. The molecule has 2 fully saturated rings. The maximum Gasteiger partial charge on any atom is 0.411 e. The van der Waals surface area contributed by atoms with E-state index in [1.165, 1.54) is 7.11 Å². The fraction of sp³-hybridized carbons (Fsp3) is 0.556. The Morgan fingerprint density at radius 1 is 1.23 bits per heavy atom. The molecule has 3 rings (SSSR count). The number of halogens is 3. The smallest absolute Gasteiger partial charge is 0.411 e. The number of piperidine rings is 1. The Morgan fingerprint density at radius 2 is 1.96 bits per heavy atom. The van der Waals surface area contributed by atoms with E-state index < -0.39 is 17.6 Å². The van der Waals surface area contributed by atoms with Gasteiger partial charge in [-0.05, 0) is 43.9 Å². The number of nitrogens with zero attached hydrogens (tertiary/aromatic N) is 1. The molecule has 8 heteroatoms. The third-order valence-corrected chi connectivity index (χ3v) is 6.07. The standard InChI is InChI=1S/C18H20Cl3NO4/c1-9(19)26-18(24)22-11-4-6-15(22)16(17(23)25-2)12(8-11)10-3-5-13(20)14(21)7-10/h3,5,7,9,11-12,15-16H,4,6,8H2,1-2H3/t9?,11-,12+,15+,16-/m0/s1. The van der Waals surface area contributed by atoms with Gasteiger partial charge >= 0.3 is 12.1 Å². The van der Waals surface area contributed by atoms with Gasteiger partial charge in [0.05, 0.1) is 23.1 Å². The minimum Gasteiger partial charge on any atom is -0.469 e. The predicted octanol–water partition coefficient (Wildman–Crippen LogP) is 4.82. The number of benzene rings is 1. The molecule has 26 heavy (non-hydrogen) atoms. The minimum absolute atomic E-state index is 0.0109. The molecule has 0 N–H and O–H groups in total. The second-order valence-corrected chi connectivity index (χ2v) is 8.13. The van der Waals surface area contributed by atoms with Crippen molar-refractivity contribution in [3.05, 3.63) is 33.8 Å². The second-order valence-electron chi connectivity index (χ2n) is 6.70. The number of carbonyl (C=O) groups is 2. The Balaban J connectivity index is 1.95. The van der Waals surface area contributed by atoms with Gasteiger partial charge in [0.15, 0.2) is 5.56 Å².